The van der Waals surface area contributed by atoms with E-state index in [-0.39, 0.29) is 23.9 Å². The number of carbonyl (C=O) groups is 2. The Morgan fingerprint density at radius 2 is 1.69 bits per heavy atom. The van der Waals surface area contributed by atoms with Crippen molar-refractivity contribution in [1.29, 1.82) is 0 Å². The first kappa shape index (κ1) is 21.7. The lowest BCUT2D eigenvalue weighted by Crippen LogP contribution is -3.15. The number of rotatable bonds is 5. The number of amides is 3. The number of nitrogens with one attached hydrogen (secondary N) is 3. The van der Waals surface area contributed by atoms with Crippen LogP contribution in [-0.2, 0) is 20.2 Å². The minimum atomic E-state index is -3.55. The number of quaternary nitrogens is 1. The highest BCUT2D eigenvalue weighted by molar-refractivity contribution is 7.89. The van der Waals surface area contributed by atoms with E-state index in [1.807, 2.05) is 12.1 Å². The minimum absolute atomic E-state index is 0.0343. The van der Waals surface area contributed by atoms with Crippen molar-refractivity contribution in [3.8, 4) is 0 Å². The molecular formula is C20H31N4O4S+. The van der Waals surface area contributed by atoms with Crippen molar-refractivity contribution in [3.05, 3.63) is 29.8 Å². The van der Waals surface area contributed by atoms with Crippen molar-refractivity contribution in [3.63, 3.8) is 0 Å². The van der Waals surface area contributed by atoms with E-state index in [0.717, 1.165) is 23.3 Å². The topological polar surface area (TPSA) is 100 Å². The van der Waals surface area contributed by atoms with Crippen LogP contribution >= 0.6 is 0 Å². The summed E-state index contributed by atoms with van der Waals surface area (Å²) in [7, 11) is -3.55. The molecule has 0 aromatic heterocycles. The molecule has 1 aromatic carbocycles. The Morgan fingerprint density at radius 3 is 2.21 bits per heavy atom. The number of piperazine rings is 1. The molecule has 0 bridgehead atoms. The summed E-state index contributed by atoms with van der Waals surface area (Å²) in [5.74, 6) is -0.341. The van der Waals surface area contributed by atoms with Gasteiger partial charge in [-0.2, -0.15) is 4.31 Å². The Morgan fingerprint density at radius 1 is 1.10 bits per heavy atom. The highest BCUT2D eigenvalue weighted by atomic mass is 32.2. The molecule has 1 aliphatic heterocycles. The van der Waals surface area contributed by atoms with Crippen molar-refractivity contribution in [2.24, 2.45) is 0 Å². The van der Waals surface area contributed by atoms with Crippen LogP contribution in [-0.4, -0.2) is 63.4 Å². The highest BCUT2D eigenvalue weighted by Gasteiger charge is 2.32. The van der Waals surface area contributed by atoms with Gasteiger partial charge in [0.05, 0.1) is 31.1 Å². The third-order valence-corrected chi connectivity index (χ3v) is 7.28. The average Bonchev–Trinajstić information content (AvgIpc) is 3.45. The van der Waals surface area contributed by atoms with Crippen molar-refractivity contribution < 1.29 is 22.9 Å². The van der Waals surface area contributed by atoms with Gasteiger partial charge in [0.15, 0.2) is 6.54 Å². The number of nitrogens with zero attached hydrogens (tertiary/aromatic N) is 1. The third-order valence-electron chi connectivity index (χ3n) is 5.36. The number of carbonyl (C=O) groups excluding carboxylic acids is 2. The van der Waals surface area contributed by atoms with Crippen molar-refractivity contribution in [1.82, 2.24) is 14.9 Å². The van der Waals surface area contributed by atoms with Crippen molar-refractivity contribution in [2.75, 3.05) is 32.7 Å². The number of imide groups is 1. The van der Waals surface area contributed by atoms with E-state index in [9.17, 15) is 18.0 Å². The Balaban J connectivity index is 1.51. The van der Waals surface area contributed by atoms with E-state index in [1.165, 1.54) is 4.31 Å². The zero-order valence-electron chi connectivity index (χ0n) is 17.3. The quantitative estimate of drug-likeness (QED) is 0.614. The number of benzene rings is 1. The molecule has 2 aliphatic rings. The van der Waals surface area contributed by atoms with Crippen LogP contribution in [0.2, 0.25) is 0 Å². The van der Waals surface area contributed by atoms with Crippen LogP contribution in [0.15, 0.2) is 29.2 Å². The summed E-state index contributed by atoms with van der Waals surface area (Å²) in [6.07, 6.45) is 1.92. The summed E-state index contributed by atoms with van der Waals surface area (Å²) in [6, 6.07) is 6.82. The SMILES string of the molecule is CC(C)(C)c1ccc(S(=O)(=O)N2CC[NH+](CC(=O)NC(=O)NC3CC3)CC2)cc1. The van der Waals surface area contributed by atoms with Gasteiger partial charge in [-0.05, 0) is 36.0 Å². The Bertz CT molecular complexity index is 849. The van der Waals surface area contributed by atoms with E-state index < -0.39 is 16.1 Å². The lowest BCUT2D eigenvalue weighted by Gasteiger charge is -2.31. The molecule has 0 unspecified atom stereocenters. The van der Waals surface area contributed by atoms with Crippen LogP contribution in [0, 0.1) is 0 Å². The second-order valence-electron chi connectivity index (χ2n) is 8.90. The molecule has 1 heterocycles. The van der Waals surface area contributed by atoms with Gasteiger partial charge in [-0.15, -0.1) is 0 Å². The molecule has 1 saturated carbocycles. The van der Waals surface area contributed by atoms with Crippen LogP contribution in [0.5, 0.6) is 0 Å². The molecule has 0 spiro atoms. The monoisotopic (exact) mass is 423 g/mol. The molecule has 0 atom stereocenters. The van der Waals surface area contributed by atoms with Gasteiger partial charge in [-0.1, -0.05) is 32.9 Å². The Hall–Kier alpha value is -1.97. The maximum atomic E-state index is 12.9. The van der Waals surface area contributed by atoms with E-state index >= 15 is 0 Å². The summed E-state index contributed by atoms with van der Waals surface area (Å²) in [6.45, 7) is 8.17. The fourth-order valence-electron chi connectivity index (χ4n) is 3.34. The second kappa shape index (κ2) is 8.41. The van der Waals surface area contributed by atoms with Crippen LogP contribution in [0.3, 0.4) is 0 Å². The zero-order valence-corrected chi connectivity index (χ0v) is 18.1. The van der Waals surface area contributed by atoms with Crippen molar-refractivity contribution in [2.45, 2.75) is 50.0 Å². The van der Waals surface area contributed by atoms with E-state index in [4.69, 9.17) is 0 Å². The third kappa shape index (κ3) is 5.77. The van der Waals surface area contributed by atoms with Gasteiger partial charge in [0, 0.05) is 6.04 Å². The predicted octanol–water partition coefficient (Wildman–Crippen LogP) is -0.138. The zero-order chi connectivity index (χ0) is 21.2. The van der Waals surface area contributed by atoms with E-state index in [2.05, 4.69) is 31.4 Å². The maximum Gasteiger partial charge on any atom is 0.321 e. The van der Waals surface area contributed by atoms with Gasteiger partial charge in [-0.25, -0.2) is 13.2 Å². The number of urea groups is 1. The normalized spacial score (nSPS) is 19.0. The molecule has 3 N–H and O–H groups in total. The summed E-state index contributed by atoms with van der Waals surface area (Å²) < 4.78 is 27.3. The lowest BCUT2D eigenvalue weighted by atomic mass is 9.87. The van der Waals surface area contributed by atoms with Crippen LogP contribution in [0.1, 0.15) is 39.2 Å². The molecule has 0 radical (unpaired) electrons. The molecule has 3 rings (SSSR count). The Labute approximate surface area is 172 Å². The lowest BCUT2D eigenvalue weighted by molar-refractivity contribution is -0.895. The molecule has 2 fully saturated rings. The van der Waals surface area contributed by atoms with Gasteiger partial charge in [0.2, 0.25) is 10.0 Å². The van der Waals surface area contributed by atoms with Gasteiger partial charge < -0.3 is 10.2 Å². The summed E-state index contributed by atoms with van der Waals surface area (Å²) in [4.78, 5) is 24.9. The average molecular weight is 424 g/mol. The predicted molar refractivity (Wildman–Crippen MR) is 109 cm³/mol. The summed E-state index contributed by atoms with van der Waals surface area (Å²) >= 11 is 0. The van der Waals surface area contributed by atoms with E-state index in [1.54, 1.807) is 12.1 Å². The Kier molecular flexibility index (Phi) is 6.30. The van der Waals surface area contributed by atoms with Gasteiger partial charge in [0.25, 0.3) is 5.91 Å². The number of hydrogen-bond acceptors (Lipinski definition) is 4. The number of sulfonamides is 1. The smallest absolute Gasteiger partial charge is 0.321 e. The standard InChI is InChI=1S/C20H30N4O4S/c1-20(2,3)15-4-8-17(9-5-15)29(27,28)24-12-10-23(11-13-24)14-18(25)22-19(26)21-16-6-7-16/h4-5,8-9,16H,6-7,10-14H2,1-3H3,(H2,21,22,25,26)/p+1. The van der Waals surface area contributed by atoms with Gasteiger partial charge >= 0.3 is 6.03 Å². The largest absolute Gasteiger partial charge is 0.335 e. The van der Waals surface area contributed by atoms with Gasteiger partial charge in [-0.3, -0.25) is 10.1 Å². The first-order valence-electron chi connectivity index (χ1n) is 10.1. The molecule has 9 heteroatoms. The van der Waals surface area contributed by atoms with Gasteiger partial charge in [0.1, 0.15) is 0 Å². The molecule has 1 aliphatic carbocycles. The molecule has 29 heavy (non-hydrogen) atoms. The molecule has 8 nitrogen and oxygen atoms in total. The number of hydrogen-bond donors (Lipinski definition) is 3. The molecule has 1 saturated heterocycles. The van der Waals surface area contributed by atoms with Crippen LogP contribution in [0.4, 0.5) is 4.79 Å². The molecule has 160 valence electrons. The van der Waals surface area contributed by atoms with Crippen molar-refractivity contribution >= 4 is 22.0 Å². The fraction of sp³-hybridized carbons (Fsp3) is 0.600. The first-order chi connectivity index (χ1) is 13.6. The summed E-state index contributed by atoms with van der Waals surface area (Å²) in [5, 5.41) is 5.05. The highest BCUT2D eigenvalue weighted by Crippen LogP contribution is 2.24. The van der Waals surface area contributed by atoms with Crippen LogP contribution in [0.25, 0.3) is 0 Å². The van der Waals surface area contributed by atoms with E-state index in [0.29, 0.717) is 31.1 Å². The van der Waals surface area contributed by atoms with Crippen LogP contribution < -0.4 is 15.5 Å². The summed E-state index contributed by atoms with van der Waals surface area (Å²) in [5.41, 5.74) is 1.05. The first-order valence-corrected chi connectivity index (χ1v) is 11.5. The molecular weight excluding hydrogens is 392 g/mol. The second-order valence-corrected chi connectivity index (χ2v) is 10.8. The molecule has 1 aromatic rings. The molecule has 3 amide bonds. The minimum Gasteiger partial charge on any atom is -0.335 e. The fourth-order valence-corrected chi connectivity index (χ4v) is 4.78. The maximum absolute atomic E-state index is 12.9.